The molecule has 1 aromatic heterocycles. The number of nitrogens with one attached hydrogen (secondary N) is 1. The molecule has 3 aliphatic rings. The first-order chi connectivity index (χ1) is 21.4. The van der Waals surface area contributed by atoms with Gasteiger partial charge in [-0.2, -0.15) is 0 Å². The summed E-state index contributed by atoms with van der Waals surface area (Å²) in [5.41, 5.74) is 4.43. The van der Waals surface area contributed by atoms with Crippen molar-refractivity contribution in [2.75, 3.05) is 83.7 Å². The summed E-state index contributed by atoms with van der Waals surface area (Å²) in [6.45, 7) is 8.70. The van der Waals surface area contributed by atoms with Gasteiger partial charge in [0.2, 0.25) is 5.95 Å². The van der Waals surface area contributed by atoms with Crippen molar-refractivity contribution in [3.8, 4) is 17.6 Å². The molecule has 0 spiro atoms. The average Bonchev–Trinajstić information content (AvgIpc) is 3.20. The molecule has 2 saturated heterocycles. The van der Waals surface area contributed by atoms with E-state index < -0.39 is 0 Å². The van der Waals surface area contributed by atoms with Crippen LogP contribution in [0.4, 0.5) is 17.3 Å². The summed E-state index contributed by atoms with van der Waals surface area (Å²) in [6.07, 6.45) is 9.66. The van der Waals surface area contributed by atoms with Gasteiger partial charge in [0, 0.05) is 98.5 Å². The third-order valence-corrected chi connectivity index (χ3v) is 9.02. The largest absolute Gasteiger partial charge is 0.500 e. The van der Waals surface area contributed by atoms with Crippen LogP contribution in [0, 0.1) is 17.8 Å². The molecule has 1 unspecified atom stereocenters. The number of hydrogen-bond acceptors (Lipinski definition) is 9. The Morgan fingerprint density at radius 3 is 2.32 bits per heavy atom. The van der Waals surface area contributed by atoms with Gasteiger partial charge in [-0.15, -0.1) is 11.6 Å². The highest BCUT2D eigenvalue weighted by molar-refractivity contribution is 6.18. The number of halogens is 1. The zero-order valence-electron chi connectivity index (χ0n) is 26.4. The summed E-state index contributed by atoms with van der Waals surface area (Å²) in [7, 11) is 7.20. The number of allylic oxidation sites excluding steroid dienone is 4. The fourth-order valence-electron chi connectivity index (χ4n) is 5.97. The summed E-state index contributed by atoms with van der Waals surface area (Å²) in [6, 6.07) is 6.86. The van der Waals surface area contributed by atoms with Crippen molar-refractivity contribution in [1.82, 2.24) is 19.8 Å². The first kappa shape index (κ1) is 31.7. The second kappa shape index (κ2) is 14.8. The quantitative estimate of drug-likeness (QED) is 0.323. The number of anilines is 3. The van der Waals surface area contributed by atoms with Crippen LogP contribution in [0.2, 0.25) is 0 Å². The molecule has 1 aliphatic carbocycles. The van der Waals surface area contributed by atoms with E-state index in [-0.39, 0.29) is 5.92 Å². The second-order valence-corrected chi connectivity index (χ2v) is 11.7. The predicted molar refractivity (Wildman–Crippen MR) is 177 cm³/mol. The van der Waals surface area contributed by atoms with Crippen LogP contribution in [-0.2, 0) is 9.47 Å². The lowest BCUT2D eigenvalue weighted by molar-refractivity contribution is 0.0981. The fourth-order valence-corrected chi connectivity index (χ4v) is 6.21. The molecule has 1 N–H and O–H groups in total. The Balaban J connectivity index is 1.22. The van der Waals surface area contributed by atoms with Gasteiger partial charge in [0.1, 0.15) is 17.3 Å². The van der Waals surface area contributed by atoms with E-state index in [1.165, 1.54) is 25.9 Å². The van der Waals surface area contributed by atoms with Gasteiger partial charge in [0.15, 0.2) is 0 Å². The molecule has 3 heterocycles. The summed E-state index contributed by atoms with van der Waals surface area (Å²) in [5, 5.41) is 3.30. The standard InChI is InChI=1S/C34H43ClN6O3/c1-24-26(18-27(21-35)32(43-4)20-31(24)42-3)7-6-25-22-36-34(37-23-25)38-28-8-9-30(33(19-28)44-5)41-12-10-29(11-13-41)40-16-14-39(2)15-17-40/h8-9,18-20,22-23,27,29H,10-17,21H2,1-5H3,(H,36,37,38). The molecule has 0 amide bonds. The van der Waals surface area contributed by atoms with Crippen molar-refractivity contribution in [2.24, 2.45) is 5.92 Å². The maximum absolute atomic E-state index is 6.22. The molecule has 1 aromatic carbocycles. The van der Waals surface area contributed by atoms with Crippen molar-refractivity contribution in [3.05, 3.63) is 71.0 Å². The Bertz CT molecular complexity index is 1450. The minimum absolute atomic E-state index is 0.103. The van der Waals surface area contributed by atoms with Crippen molar-refractivity contribution in [2.45, 2.75) is 25.8 Å². The molecule has 0 bridgehead atoms. The van der Waals surface area contributed by atoms with E-state index in [2.05, 4.69) is 61.0 Å². The Morgan fingerprint density at radius 1 is 0.955 bits per heavy atom. The lowest BCUT2D eigenvalue weighted by atomic mass is 10.0. The van der Waals surface area contributed by atoms with E-state index in [0.29, 0.717) is 29.2 Å². The molecule has 44 heavy (non-hydrogen) atoms. The van der Waals surface area contributed by atoms with Gasteiger partial charge >= 0.3 is 0 Å². The first-order valence-electron chi connectivity index (χ1n) is 15.2. The van der Waals surface area contributed by atoms with Crippen LogP contribution in [0.5, 0.6) is 5.75 Å². The molecule has 2 aliphatic heterocycles. The molecule has 2 aromatic rings. The topological polar surface area (TPSA) is 75.2 Å². The molecule has 234 valence electrons. The molecule has 1 atom stereocenters. The molecule has 5 rings (SSSR count). The third-order valence-electron chi connectivity index (χ3n) is 8.69. The van der Waals surface area contributed by atoms with Crippen LogP contribution in [0.25, 0.3) is 0 Å². The van der Waals surface area contributed by atoms with Crippen LogP contribution >= 0.6 is 11.6 Å². The van der Waals surface area contributed by atoms with Gasteiger partial charge in [0.25, 0.3) is 0 Å². The minimum Gasteiger partial charge on any atom is -0.500 e. The molecular formula is C34H43ClN6O3. The first-order valence-corrected chi connectivity index (χ1v) is 15.7. The molecule has 2 fully saturated rings. The highest BCUT2D eigenvalue weighted by Crippen LogP contribution is 2.34. The number of aromatic nitrogens is 2. The predicted octanol–water partition coefficient (Wildman–Crippen LogP) is 5.04. The Kier molecular flexibility index (Phi) is 10.7. The monoisotopic (exact) mass is 618 g/mol. The Morgan fingerprint density at radius 2 is 1.68 bits per heavy atom. The lowest BCUT2D eigenvalue weighted by Gasteiger charge is -2.42. The highest BCUT2D eigenvalue weighted by Gasteiger charge is 2.28. The number of nitrogens with zero attached hydrogens (tertiary/aromatic N) is 5. The van der Waals surface area contributed by atoms with Gasteiger partial charge in [-0.25, -0.2) is 9.97 Å². The zero-order valence-corrected chi connectivity index (χ0v) is 27.2. The van der Waals surface area contributed by atoms with Crippen molar-refractivity contribution >= 4 is 28.9 Å². The van der Waals surface area contributed by atoms with E-state index in [0.717, 1.165) is 60.2 Å². The second-order valence-electron chi connectivity index (χ2n) is 11.4. The van der Waals surface area contributed by atoms with Crippen LogP contribution in [0.15, 0.2) is 65.4 Å². The van der Waals surface area contributed by atoms with Crippen LogP contribution in [-0.4, -0.2) is 99.3 Å². The molecular weight excluding hydrogens is 576 g/mol. The van der Waals surface area contributed by atoms with E-state index in [1.807, 2.05) is 25.1 Å². The summed E-state index contributed by atoms with van der Waals surface area (Å²) >= 11 is 6.22. The third kappa shape index (κ3) is 7.49. The highest BCUT2D eigenvalue weighted by atomic mass is 35.5. The number of piperidine rings is 1. The van der Waals surface area contributed by atoms with Crippen LogP contribution in [0.3, 0.4) is 0 Å². The number of hydrogen-bond donors (Lipinski definition) is 1. The smallest absolute Gasteiger partial charge is 0.227 e. The normalized spacial score (nSPS) is 20.2. The number of ether oxygens (including phenoxy) is 3. The van der Waals surface area contributed by atoms with E-state index >= 15 is 0 Å². The summed E-state index contributed by atoms with van der Waals surface area (Å²) < 4.78 is 16.9. The van der Waals surface area contributed by atoms with Crippen molar-refractivity contribution in [3.63, 3.8) is 0 Å². The zero-order chi connectivity index (χ0) is 31.1. The Labute approximate surface area is 266 Å². The van der Waals surface area contributed by atoms with Crippen LogP contribution in [0.1, 0.15) is 25.3 Å². The van der Waals surface area contributed by atoms with Gasteiger partial charge in [-0.05, 0) is 38.9 Å². The number of piperazine rings is 1. The SMILES string of the molecule is COC1=CC(OC)=C(C)C(C#Cc2cnc(Nc3ccc(N4CCC(N5CCN(C)CC5)CC4)c(OC)c3)nc2)=CC1CCl. The molecule has 0 saturated carbocycles. The van der Waals surface area contributed by atoms with Gasteiger partial charge < -0.3 is 29.3 Å². The number of methoxy groups -OCH3 is 3. The number of benzene rings is 1. The van der Waals surface area contributed by atoms with Crippen molar-refractivity contribution < 1.29 is 14.2 Å². The van der Waals surface area contributed by atoms with Gasteiger partial charge in [0.05, 0.1) is 32.6 Å². The molecule has 9 nitrogen and oxygen atoms in total. The number of alkyl halides is 1. The number of rotatable bonds is 8. The van der Waals surface area contributed by atoms with E-state index in [9.17, 15) is 0 Å². The van der Waals surface area contributed by atoms with E-state index in [1.54, 1.807) is 33.7 Å². The summed E-state index contributed by atoms with van der Waals surface area (Å²) in [5.74, 6) is 9.45. The van der Waals surface area contributed by atoms with E-state index in [4.69, 9.17) is 25.8 Å². The number of likely N-dealkylation sites (N-methyl/N-ethyl adjacent to an activating group) is 1. The maximum Gasteiger partial charge on any atom is 0.227 e. The Hall–Kier alpha value is -3.71. The average molecular weight is 619 g/mol. The van der Waals surface area contributed by atoms with Gasteiger partial charge in [-0.3, -0.25) is 4.90 Å². The molecule has 10 heteroatoms. The van der Waals surface area contributed by atoms with Gasteiger partial charge in [-0.1, -0.05) is 17.9 Å². The fraction of sp³-hybridized carbons (Fsp3) is 0.471. The molecule has 0 radical (unpaired) electrons. The summed E-state index contributed by atoms with van der Waals surface area (Å²) in [4.78, 5) is 16.5. The lowest BCUT2D eigenvalue weighted by Crippen LogP contribution is -2.52. The maximum atomic E-state index is 6.22. The van der Waals surface area contributed by atoms with Crippen molar-refractivity contribution in [1.29, 1.82) is 0 Å². The van der Waals surface area contributed by atoms with Crippen LogP contribution < -0.4 is 15.0 Å². The minimum atomic E-state index is -0.103.